The van der Waals surface area contributed by atoms with E-state index >= 15 is 0 Å². The van der Waals surface area contributed by atoms with E-state index in [1.165, 1.54) is 30.4 Å². The van der Waals surface area contributed by atoms with Crippen molar-refractivity contribution >= 4 is 17.7 Å². The molecule has 0 aromatic heterocycles. The molecule has 0 spiro atoms. The van der Waals surface area contributed by atoms with Gasteiger partial charge in [0.1, 0.15) is 0 Å². The number of carboxylic acids is 1. The summed E-state index contributed by atoms with van der Waals surface area (Å²) in [5.41, 5.74) is -0.451. The number of benzene rings is 1. The molecule has 0 aliphatic rings. The van der Waals surface area contributed by atoms with Gasteiger partial charge in [-0.2, -0.15) is 5.26 Å². The Balaban J connectivity index is 3.34. The van der Waals surface area contributed by atoms with E-state index in [4.69, 9.17) is 10.4 Å². The van der Waals surface area contributed by atoms with Crippen LogP contribution in [0.2, 0.25) is 0 Å². The summed E-state index contributed by atoms with van der Waals surface area (Å²) in [6.07, 6.45) is 2.73. The van der Waals surface area contributed by atoms with Crippen LogP contribution in [0, 0.1) is 21.4 Å². The second kappa shape index (κ2) is 5.42. The Morgan fingerprint density at radius 3 is 2.82 bits per heavy atom. The van der Waals surface area contributed by atoms with Crippen LogP contribution < -0.4 is 0 Å². The van der Waals surface area contributed by atoms with Crippen molar-refractivity contribution in [3.63, 3.8) is 0 Å². The average Bonchev–Trinajstić information content (AvgIpc) is 2.28. The van der Waals surface area contributed by atoms with Crippen LogP contribution in [-0.4, -0.2) is 16.0 Å². The van der Waals surface area contributed by atoms with Crippen molar-refractivity contribution in [3.05, 3.63) is 45.5 Å². The van der Waals surface area contributed by atoms with Crippen LogP contribution in [0.1, 0.15) is 22.3 Å². The summed E-state index contributed by atoms with van der Waals surface area (Å²) < 4.78 is 0. The maximum Gasteiger partial charge on any atom is 0.336 e. The predicted octanol–water partition coefficient (Wildman–Crippen LogP) is 2.22. The van der Waals surface area contributed by atoms with Crippen molar-refractivity contribution in [2.24, 2.45) is 0 Å². The van der Waals surface area contributed by atoms with Gasteiger partial charge in [-0.05, 0) is 6.07 Å². The van der Waals surface area contributed by atoms with Crippen LogP contribution in [0.4, 0.5) is 5.69 Å². The Morgan fingerprint density at radius 1 is 1.59 bits per heavy atom. The number of aromatic carboxylic acids is 1. The molecule has 6 nitrogen and oxygen atoms in total. The zero-order chi connectivity index (χ0) is 12.8. The van der Waals surface area contributed by atoms with Gasteiger partial charge in [0, 0.05) is 6.07 Å². The number of nitro benzene ring substituents is 1. The molecule has 0 saturated heterocycles. The highest BCUT2D eigenvalue weighted by atomic mass is 16.6. The van der Waals surface area contributed by atoms with Crippen LogP contribution in [0.15, 0.2) is 24.3 Å². The topological polar surface area (TPSA) is 104 Å². The lowest BCUT2D eigenvalue weighted by atomic mass is 10.0. The number of carbonyl (C=O) groups is 1. The summed E-state index contributed by atoms with van der Waals surface area (Å²) in [5.74, 6) is -1.25. The van der Waals surface area contributed by atoms with E-state index in [2.05, 4.69) is 0 Å². The van der Waals surface area contributed by atoms with Crippen molar-refractivity contribution in [1.29, 1.82) is 5.26 Å². The molecule has 0 unspecified atom stereocenters. The Bertz CT molecular complexity index is 497. The first-order valence-electron chi connectivity index (χ1n) is 4.62. The van der Waals surface area contributed by atoms with Gasteiger partial charge < -0.3 is 5.11 Å². The fraction of sp³-hybridized carbons (Fsp3) is 0.0909. The predicted molar refractivity (Wildman–Crippen MR) is 59.3 cm³/mol. The van der Waals surface area contributed by atoms with Gasteiger partial charge in [0.15, 0.2) is 0 Å². The second-order valence-electron chi connectivity index (χ2n) is 3.07. The lowest BCUT2D eigenvalue weighted by molar-refractivity contribution is -0.385. The van der Waals surface area contributed by atoms with Gasteiger partial charge in [-0.25, -0.2) is 4.79 Å². The first-order chi connectivity index (χ1) is 8.07. The largest absolute Gasteiger partial charge is 0.478 e. The summed E-state index contributed by atoms with van der Waals surface area (Å²) in [4.78, 5) is 21.0. The van der Waals surface area contributed by atoms with Crippen molar-refractivity contribution in [2.75, 3.05) is 0 Å². The molecular weight excluding hydrogens is 224 g/mol. The van der Waals surface area contributed by atoms with Crippen molar-refractivity contribution in [2.45, 2.75) is 6.42 Å². The molecule has 0 saturated carbocycles. The maximum absolute atomic E-state index is 10.9. The highest BCUT2D eigenvalue weighted by molar-refractivity contribution is 5.94. The van der Waals surface area contributed by atoms with E-state index in [0.717, 1.165) is 0 Å². The molecule has 1 aromatic rings. The Labute approximate surface area is 96.6 Å². The minimum absolute atomic E-state index is 0.000231. The van der Waals surface area contributed by atoms with Gasteiger partial charge in [-0.15, -0.1) is 0 Å². The van der Waals surface area contributed by atoms with Gasteiger partial charge >= 0.3 is 5.97 Å². The van der Waals surface area contributed by atoms with E-state index in [1.54, 1.807) is 0 Å². The van der Waals surface area contributed by atoms with Gasteiger partial charge in [-0.3, -0.25) is 10.1 Å². The fourth-order valence-electron chi connectivity index (χ4n) is 1.30. The summed E-state index contributed by atoms with van der Waals surface area (Å²) in [6.45, 7) is 0. The number of rotatable bonds is 4. The minimum Gasteiger partial charge on any atom is -0.478 e. The van der Waals surface area contributed by atoms with Crippen molar-refractivity contribution in [3.8, 4) is 6.07 Å². The lowest BCUT2D eigenvalue weighted by Crippen LogP contribution is -2.02. The summed E-state index contributed by atoms with van der Waals surface area (Å²) in [6, 6.07) is 5.64. The maximum atomic E-state index is 10.9. The first kappa shape index (κ1) is 12.4. The Morgan fingerprint density at radius 2 is 2.29 bits per heavy atom. The number of nitro groups is 1. The number of hydrogen-bond donors (Lipinski definition) is 1. The minimum atomic E-state index is -1.25. The Hall–Kier alpha value is -2.68. The Kier molecular flexibility index (Phi) is 3.95. The molecule has 0 radical (unpaired) electrons. The van der Waals surface area contributed by atoms with E-state index in [0.29, 0.717) is 0 Å². The zero-order valence-corrected chi connectivity index (χ0v) is 8.66. The van der Waals surface area contributed by atoms with E-state index in [-0.39, 0.29) is 23.2 Å². The third-order valence-electron chi connectivity index (χ3n) is 2.00. The number of nitriles is 1. The van der Waals surface area contributed by atoms with Gasteiger partial charge in [0.25, 0.3) is 5.69 Å². The smallest absolute Gasteiger partial charge is 0.336 e. The molecular formula is C11H8N2O4. The molecule has 6 heteroatoms. The molecule has 0 bridgehead atoms. The van der Waals surface area contributed by atoms with Crippen LogP contribution in [0.3, 0.4) is 0 Å². The van der Waals surface area contributed by atoms with E-state index in [9.17, 15) is 14.9 Å². The standard InChI is InChI=1S/C11H8N2O4/c12-7-2-1-4-8-9(11(14)15)5-3-6-10(8)13(16)17/h1,3-6H,2H2,(H,14,15). The summed E-state index contributed by atoms with van der Waals surface area (Å²) in [7, 11) is 0. The van der Waals surface area contributed by atoms with Crippen LogP contribution in [0.25, 0.3) is 6.08 Å². The zero-order valence-electron chi connectivity index (χ0n) is 8.66. The van der Waals surface area contributed by atoms with Crippen LogP contribution in [-0.2, 0) is 0 Å². The molecule has 0 atom stereocenters. The molecule has 0 aliphatic heterocycles. The van der Waals surface area contributed by atoms with Gasteiger partial charge in [0.2, 0.25) is 0 Å². The van der Waals surface area contributed by atoms with Gasteiger partial charge in [0.05, 0.1) is 28.5 Å². The van der Waals surface area contributed by atoms with Crippen molar-refractivity contribution in [1.82, 2.24) is 0 Å². The average molecular weight is 232 g/mol. The third kappa shape index (κ3) is 2.89. The van der Waals surface area contributed by atoms with Crippen molar-refractivity contribution < 1.29 is 14.8 Å². The van der Waals surface area contributed by atoms with Gasteiger partial charge in [-0.1, -0.05) is 18.2 Å². The quantitative estimate of drug-likeness (QED) is 0.633. The number of hydrogen-bond acceptors (Lipinski definition) is 4. The van der Waals surface area contributed by atoms with E-state index < -0.39 is 10.9 Å². The molecule has 1 aromatic carbocycles. The normalized spacial score (nSPS) is 10.1. The number of allylic oxidation sites excluding steroid dienone is 1. The third-order valence-corrected chi connectivity index (χ3v) is 2.00. The molecule has 86 valence electrons. The SMILES string of the molecule is N#CCC=Cc1c(C(=O)O)cccc1[N+](=O)[O-]. The second-order valence-corrected chi connectivity index (χ2v) is 3.07. The molecule has 1 rings (SSSR count). The fourth-order valence-corrected chi connectivity index (χ4v) is 1.30. The highest BCUT2D eigenvalue weighted by Gasteiger charge is 2.18. The van der Waals surface area contributed by atoms with Crippen LogP contribution in [0.5, 0.6) is 0 Å². The van der Waals surface area contributed by atoms with E-state index in [1.807, 2.05) is 6.07 Å². The monoisotopic (exact) mass is 232 g/mol. The molecule has 0 amide bonds. The molecule has 17 heavy (non-hydrogen) atoms. The number of nitrogens with zero attached hydrogens (tertiary/aromatic N) is 2. The number of carboxylic acid groups (broad SMARTS) is 1. The molecule has 0 aliphatic carbocycles. The molecule has 0 fully saturated rings. The highest BCUT2D eigenvalue weighted by Crippen LogP contribution is 2.24. The lowest BCUT2D eigenvalue weighted by Gasteiger charge is -2.01. The van der Waals surface area contributed by atoms with Crippen LogP contribution >= 0.6 is 0 Å². The summed E-state index contributed by atoms with van der Waals surface area (Å²) >= 11 is 0. The molecule has 1 N–H and O–H groups in total. The summed E-state index contributed by atoms with van der Waals surface area (Å²) in [5, 5.41) is 28.0. The molecule has 0 heterocycles. The first-order valence-corrected chi connectivity index (χ1v) is 4.62.